The highest BCUT2D eigenvalue weighted by atomic mass is 16.3. The fraction of sp³-hybridized carbons (Fsp3) is 0.0811. The van der Waals surface area contributed by atoms with Gasteiger partial charge < -0.3 is 4.42 Å². The Morgan fingerprint density at radius 1 is 0.548 bits per heavy atom. The summed E-state index contributed by atoms with van der Waals surface area (Å²) >= 11 is 0. The molecule has 0 saturated carbocycles. The molecule has 3 aromatic heterocycles. The third kappa shape index (κ3) is 3.85. The molecule has 5 heteroatoms. The predicted octanol–water partition coefficient (Wildman–Crippen LogP) is 8.99. The zero-order valence-corrected chi connectivity index (χ0v) is 23.2. The van der Waals surface area contributed by atoms with Crippen molar-refractivity contribution in [3.05, 3.63) is 133 Å². The Labute approximate surface area is 243 Å². The fourth-order valence-electron chi connectivity index (χ4n) is 5.99. The molecule has 5 nitrogen and oxygen atoms in total. The summed E-state index contributed by atoms with van der Waals surface area (Å²) in [4.78, 5) is 20.2. The van der Waals surface area contributed by atoms with Crippen molar-refractivity contribution < 1.29 is 4.42 Å². The zero-order valence-electron chi connectivity index (χ0n) is 23.2. The smallest absolute Gasteiger partial charge is 0.245 e. The summed E-state index contributed by atoms with van der Waals surface area (Å²) in [5.74, 6) is 0.699. The minimum Gasteiger partial charge on any atom is -0.445 e. The molecule has 0 radical (unpaired) electrons. The fourth-order valence-corrected chi connectivity index (χ4v) is 5.99. The maximum absolute atomic E-state index is 5.67. The second-order valence-electron chi connectivity index (χ2n) is 11.2. The molecule has 200 valence electrons. The van der Waals surface area contributed by atoms with Gasteiger partial charge in [0, 0.05) is 33.7 Å². The van der Waals surface area contributed by atoms with Crippen LogP contribution in [-0.4, -0.2) is 19.9 Å². The van der Waals surface area contributed by atoms with E-state index < -0.39 is 5.41 Å². The van der Waals surface area contributed by atoms with Gasteiger partial charge in [-0.25, -0.2) is 19.9 Å². The zero-order chi connectivity index (χ0) is 28.3. The van der Waals surface area contributed by atoms with E-state index in [-0.39, 0.29) is 0 Å². The average Bonchev–Trinajstić information content (AvgIpc) is 3.50. The molecule has 1 aliphatic carbocycles. The molecule has 0 saturated heterocycles. The Kier molecular flexibility index (Phi) is 5.41. The van der Waals surface area contributed by atoms with Gasteiger partial charge in [0.2, 0.25) is 5.71 Å². The lowest BCUT2D eigenvalue weighted by molar-refractivity contribution is 0.595. The first kappa shape index (κ1) is 24.4. The van der Waals surface area contributed by atoms with Gasteiger partial charge in [-0.2, -0.15) is 0 Å². The van der Waals surface area contributed by atoms with Crippen LogP contribution in [0, 0.1) is 0 Å². The summed E-state index contributed by atoms with van der Waals surface area (Å²) in [6.45, 7) is 4.46. The van der Waals surface area contributed by atoms with Crippen molar-refractivity contribution in [1.82, 2.24) is 19.9 Å². The van der Waals surface area contributed by atoms with Crippen molar-refractivity contribution in [3.8, 4) is 56.3 Å². The first-order valence-corrected chi connectivity index (χ1v) is 14.1. The molecule has 0 fully saturated rings. The van der Waals surface area contributed by atoms with E-state index in [2.05, 4.69) is 86.6 Å². The summed E-state index contributed by atoms with van der Waals surface area (Å²) in [6, 6.07) is 39.5. The second kappa shape index (κ2) is 9.32. The van der Waals surface area contributed by atoms with Crippen LogP contribution in [0.25, 0.3) is 67.5 Å². The molecule has 0 N–H and O–H groups in total. The molecule has 7 aromatic rings. The summed E-state index contributed by atoms with van der Waals surface area (Å²) in [7, 11) is 0. The van der Waals surface area contributed by atoms with Crippen LogP contribution in [0.15, 0.2) is 126 Å². The first-order valence-electron chi connectivity index (χ1n) is 14.1. The Balaban J connectivity index is 1.37. The molecule has 0 spiro atoms. The average molecular weight is 543 g/mol. The molecular formula is C37H26N4O. The van der Waals surface area contributed by atoms with Gasteiger partial charge in [0.25, 0.3) is 0 Å². The maximum atomic E-state index is 5.67. The molecule has 0 bridgehead atoms. The standard InChI is InChI=1S/C37H26N4O/c1-37(2)29-21-25(32-22-31(23-11-5-3-6-12-23)39-35(40-32)24-13-7-4-8-14-24)17-18-27(29)26-15-9-10-16-28(26)33-34(37)38-30-19-20-42-36(30)41-33/h3-22H,1-2H3. The predicted molar refractivity (Wildman–Crippen MR) is 167 cm³/mol. The molecule has 4 aromatic carbocycles. The topological polar surface area (TPSA) is 64.7 Å². The van der Waals surface area contributed by atoms with Crippen molar-refractivity contribution in [3.63, 3.8) is 0 Å². The van der Waals surface area contributed by atoms with E-state index in [0.717, 1.165) is 61.7 Å². The van der Waals surface area contributed by atoms with Crippen LogP contribution in [0.5, 0.6) is 0 Å². The Morgan fingerprint density at radius 2 is 1.21 bits per heavy atom. The van der Waals surface area contributed by atoms with Gasteiger partial charge in [-0.3, -0.25) is 0 Å². The number of benzene rings is 4. The van der Waals surface area contributed by atoms with E-state index in [1.165, 1.54) is 5.56 Å². The summed E-state index contributed by atoms with van der Waals surface area (Å²) in [6.07, 6.45) is 1.65. The Morgan fingerprint density at radius 3 is 1.98 bits per heavy atom. The minimum atomic E-state index is -0.449. The van der Waals surface area contributed by atoms with Crippen LogP contribution in [-0.2, 0) is 5.41 Å². The van der Waals surface area contributed by atoms with Crippen LogP contribution < -0.4 is 0 Å². The molecular weight excluding hydrogens is 516 g/mol. The van der Waals surface area contributed by atoms with Gasteiger partial charge in [0.05, 0.1) is 29.0 Å². The number of hydrogen-bond acceptors (Lipinski definition) is 5. The van der Waals surface area contributed by atoms with Gasteiger partial charge in [-0.05, 0) is 28.8 Å². The van der Waals surface area contributed by atoms with Gasteiger partial charge in [0.1, 0.15) is 5.52 Å². The highest BCUT2D eigenvalue weighted by Crippen LogP contribution is 2.48. The van der Waals surface area contributed by atoms with Crippen LogP contribution in [0.2, 0.25) is 0 Å². The van der Waals surface area contributed by atoms with Crippen LogP contribution in [0.4, 0.5) is 0 Å². The van der Waals surface area contributed by atoms with Crippen LogP contribution in [0.3, 0.4) is 0 Å². The highest BCUT2D eigenvalue weighted by molar-refractivity contribution is 5.91. The van der Waals surface area contributed by atoms with Crippen LogP contribution in [0.1, 0.15) is 25.1 Å². The highest BCUT2D eigenvalue weighted by Gasteiger charge is 2.36. The molecule has 3 heterocycles. The van der Waals surface area contributed by atoms with Gasteiger partial charge in [0.15, 0.2) is 5.82 Å². The van der Waals surface area contributed by atoms with E-state index in [1.54, 1.807) is 6.26 Å². The number of aromatic nitrogens is 4. The lowest BCUT2D eigenvalue weighted by Crippen LogP contribution is -2.22. The quantitative estimate of drug-likeness (QED) is 0.223. The van der Waals surface area contributed by atoms with E-state index in [0.29, 0.717) is 11.5 Å². The molecule has 0 aliphatic heterocycles. The molecule has 1 aliphatic rings. The van der Waals surface area contributed by atoms with Gasteiger partial charge >= 0.3 is 0 Å². The van der Waals surface area contributed by atoms with Crippen molar-refractivity contribution in [2.75, 3.05) is 0 Å². The van der Waals surface area contributed by atoms with Crippen molar-refractivity contribution in [2.24, 2.45) is 0 Å². The largest absolute Gasteiger partial charge is 0.445 e. The van der Waals surface area contributed by atoms with Crippen molar-refractivity contribution in [2.45, 2.75) is 19.3 Å². The number of nitrogens with zero attached hydrogens (tertiary/aromatic N) is 4. The van der Waals surface area contributed by atoms with Crippen molar-refractivity contribution >= 4 is 11.2 Å². The van der Waals surface area contributed by atoms with E-state index in [1.807, 2.05) is 42.5 Å². The second-order valence-corrected chi connectivity index (χ2v) is 11.2. The number of rotatable bonds is 3. The molecule has 0 unspecified atom stereocenters. The minimum absolute atomic E-state index is 0.449. The molecule has 42 heavy (non-hydrogen) atoms. The lowest BCUT2D eigenvalue weighted by atomic mass is 9.78. The van der Waals surface area contributed by atoms with E-state index in [9.17, 15) is 0 Å². The van der Waals surface area contributed by atoms with E-state index >= 15 is 0 Å². The molecule has 8 rings (SSSR count). The number of fused-ring (bicyclic) bond motifs is 6. The normalized spacial score (nSPS) is 13.2. The number of hydrogen-bond donors (Lipinski definition) is 0. The third-order valence-electron chi connectivity index (χ3n) is 8.18. The SMILES string of the molecule is CC1(C)c2cc(-c3cc(-c4ccccc4)nc(-c4ccccc4)n3)ccc2-c2ccccc2-c2nc3occc3nc21. The Hall–Kier alpha value is -5.42. The monoisotopic (exact) mass is 542 g/mol. The summed E-state index contributed by atoms with van der Waals surface area (Å²) in [5, 5.41) is 0. The van der Waals surface area contributed by atoms with Crippen molar-refractivity contribution in [1.29, 1.82) is 0 Å². The Bertz CT molecular complexity index is 2060. The van der Waals surface area contributed by atoms with Gasteiger partial charge in [-0.1, -0.05) is 111 Å². The van der Waals surface area contributed by atoms with Gasteiger partial charge in [-0.15, -0.1) is 0 Å². The lowest BCUT2D eigenvalue weighted by Gasteiger charge is -2.27. The maximum Gasteiger partial charge on any atom is 0.245 e. The summed E-state index contributed by atoms with van der Waals surface area (Å²) < 4.78 is 5.67. The van der Waals surface area contributed by atoms with E-state index in [4.69, 9.17) is 24.4 Å². The molecule has 0 atom stereocenters. The van der Waals surface area contributed by atoms with Crippen LogP contribution >= 0.6 is 0 Å². The summed E-state index contributed by atoms with van der Waals surface area (Å²) in [5.41, 5.74) is 12.0. The third-order valence-corrected chi connectivity index (χ3v) is 8.18. The molecule has 0 amide bonds. The number of furan rings is 1. The first-order chi connectivity index (χ1) is 20.6.